The van der Waals surface area contributed by atoms with E-state index in [1.807, 2.05) is 17.9 Å². The Kier molecular flexibility index (Phi) is 3.88. The number of benzene rings is 1. The number of aromatic nitrogens is 2. The van der Waals surface area contributed by atoms with Crippen molar-refractivity contribution in [2.45, 2.75) is 31.7 Å². The Morgan fingerprint density at radius 1 is 1.30 bits per heavy atom. The van der Waals surface area contributed by atoms with Crippen molar-refractivity contribution in [1.29, 1.82) is 0 Å². The molecule has 3 nitrogen and oxygen atoms in total. The van der Waals surface area contributed by atoms with Gasteiger partial charge in [0.2, 0.25) is 0 Å². The smallest absolute Gasteiger partial charge is 0.0640 e. The maximum absolute atomic E-state index is 4.52. The lowest BCUT2D eigenvalue weighted by atomic mass is 10.0. The fraction of sp³-hybridized carbons (Fsp3) is 0.471. The zero-order chi connectivity index (χ0) is 13.9. The van der Waals surface area contributed by atoms with E-state index >= 15 is 0 Å². The minimum Gasteiger partial charge on any atom is -0.314 e. The van der Waals surface area contributed by atoms with E-state index in [-0.39, 0.29) is 0 Å². The number of aryl methyl sites for hydroxylation is 1. The van der Waals surface area contributed by atoms with E-state index in [9.17, 15) is 0 Å². The first-order valence-corrected chi connectivity index (χ1v) is 7.54. The number of likely N-dealkylation sites (N-methyl/N-ethyl adjacent to an activating group) is 1. The summed E-state index contributed by atoms with van der Waals surface area (Å²) in [6.45, 7) is 3.21. The summed E-state index contributed by atoms with van der Waals surface area (Å²) >= 11 is 0. The van der Waals surface area contributed by atoms with Crippen molar-refractivity contribution in [3.8, 4) is 0 Å². The van der Waals surface area contributed by atoms with Crippen molar-refractivity contribution in [3.05, 3.63) is 53.9 Å². The molecule has 0 aliphatic heterocycles. The predicted octanol–water partition coefficient (Wildman–Crippen LogP) is 2.74. The maximum atomic E-state index is 4.52. The van der Waals surface area contributed by atoms with E-state index in [2.05, 4.69) is 53.7 Å². The Labute approximate surface area is 121 Å². The third kappa shape index (κ3) is 2.93. The molecule has 1 N–H and O–H groups in total. The molecule has 106 valence electrons. The monoisotopic (exact) mass is 269 g/mol. The van der Waals surface area contributed by atoms with Gasteiger partial charge in [-0.05, 0) is 36.4 Å². The van der Waals surface area contributed by atoms with Gasteiger partial charge in [-0.2, -0.15) is 5.10 Å². The van der Waals surface area contributed by atoms with E-state index in [1.54, 1.807) is 0 Å². The maximum Gasteiger partial charge on any atom is 0.0640 e. The van der Waals surface area contributed by atoms with Crippen LogP contribution >= 0.6 is 0 Å². The van der Waals surface area contributed by atoms with Gasteiger partial charge in [0.15, 0.2) is 0 Å². The number of rotatable bonds is 6. The second-order valence-corrected chi connectivity index (χ2v) is 5.77. The minimum atomic E-state index is 0.542. The average molecular weight is 269 g/mol. The van der Waals surface area contributed by atoms with Crippen molar-refractivity contribution in [3.63, 3.8) is 0 Å². The zero-order valence-electron chi connectivity index (χ0n) is 12.3. The lowest BCUT2D eigenvalue weighted by Crippen LogP contribution is -2.33. The van der Waals surface area contributed by atoms with Gasteiger partial charge in [-0.15, -0.1) is 0 Å². The Morgan fingerprint density at radius 3 is 2.75 bits per heavy atom. The number of nitrogens with zero attached hydrogens (tertiary/aromatic N) is 2. The number of hydrogen-bond acceptors (Lipinski definition) is 2. The summed E-state index contributed by atoms with van der Waals surface area (Å²) in [6, 6.07) is 13.6. The third-order valence-electron chi connectivity index (χ3n) is 4.25. The quantitative estimate of drug-likeness (QED) is 0.874. The molecule has 1 fully saturated rings. The van der Waals surface area contributed by atoms with E-state index < -0.39 is 0 Å². The molecule has 1 aromatic heterocycles. The van der Waals surface area contributed by atoms with Gasteiger partial charge in [-0.1, -0.05) is 37.3 Å². The van der Waals surface area contributed by atoms with Gasteiger partial charge in [0.05, 0.1) is 5.69 Å². The van der Waals surface area contributed by atoms with Crippen LogP contribution in [0.3, 0.4) is 0 Å². The standard InChI is InChI=1S/C17H23N3/c1-3-18-17(11-14-9-10-20(2)19-14)16-12-15(16)13-7-5-4-6-8-13/h4-10,15-18H,3,11-12H2,1-2H3. The van der Waals surface area contributed by atoms with Crippen LogP contribution in [0.25, 0.3) is 0 Å². The Hall–Kier alpha value is -1.61. The van der Waals surface area contributed by atoms with Gasteiger partial charge < -0.3 is 5.32 Å². The van der Waals surface area contributed by atoms with Crippen molar-refractivity contribution < 1.29 is 0 Å². The van der Waals surface area contributed by atoms with Gasteiger partial charge in [0.25, 0.3) is 0 Å². The van der Waals surface area contributed by atoms with Crippen LogP contribution in [-0.2, 0) is 13.5 Å². The molecule has 3 atom stereocenters. The van der Waals surface area contributed by atoms with Crippen LogP contribution < -0.4 is 5.32 Å². The van der Waals surface area contributed by atoms with Crippen molar-refractivity contribution in [1.82, 2.24) is 15.1 Å². The largest absolute Gasteiger partial charge is 0.314 e. The summed E-state index contributed by atoms with van der Waals surface area (Å²) < 4.78 is 1.89. The molecule has 0 bridgehead atoms. The fourth-order valence-corrected chi connectivity index (χ4v) is 3.18. The molecule has 1 heterocycles. The third-order valence-corrected chi connectivity index (χ3v) is 4.25. The van der Waals surface area contributed by atoms with Crippen LogP contribution in [0.4, 0.5) is 0 Å². The second-order valence-electron chi connectivity index (χ2n) is 5.77. The first-order valence-electron chi connectivity index (χ1n) is 7.54. The van der Waals surface area contributed by atoms with Crippen LogP contribution in [0.2, 0.25) is 0 Å². The zero-order valence-corrected chi connectivity index (χ0v) is 12.3. The number of hydrogen-bond donors (Lipinski definition) is 1. The molecule has 3 unspecified atom stereocenters. The van der Waals surface area contributed by atoms with Crippen molar-refractivity contribution in [2.75, 3.05) is 6.54 Å². The molecular formula is C17H23N3. The molecular weight excluding hydrogens is 246 g/mol. The minimum absolute atomic E-state index is 0.542. The van der Waals surface area contributed by atoms with Crippen LogP contribution in [0.5, 0.6) is 0 Å². The summed E-state index contributed by atoms with van der Waals surface area (Å²) in [5.41, 5.74) is 2.68. The summed E-state index contributed by atoms with van der Waals surface area (Å²) in [5.74, 6) is 1.48. The summed E-state index contributed by atoms with van der Waals surface area (Å²) in [5, 5.41) is 8.17. The molecule has 0 amide bonds. The van der Waals surface area contributed by atoms with Crippen LogP contribution in [0.15, 0.2) is 42.6 Å². The van der Waals surface area contributed by atoms with Crippen LogP contribution in [0, 0.1) is 5.92 Å². The van der Waals surface area contributed by atoms with Crippen molar-refractivity contribution in [2.24, 2.45) is 13.0 Å². The highest BCUT2D eigenvalue weighted by molar-refractivity contribution is 5.27. The van der Waals surface area contributed by atoms with Crippen molar-refractivity contribution >= 4 is 0 Å². The van der Waals surface area contributed by atoms with Gasteiger partial charge in [0.1, 0.15) is 0 Å². The van der Waals surface area contributed by atoms with E-state index in [4.69, 9.17) is 0 Å². The highest BCUT2D eigenvalue weighted by Crippen LogP contribution is 2.49. The van der Waals surface area contributed by atoms with Gasteiger partial charge in [-0.3, -0.25) is 4.68 Å². The summed E-state index contributed by atoms with van der Waals surface area (Å²) in [7, 11) is 1.98. The molecule has 2 aromatic rings. The molecule has 3 rings (SSSR count). The van der Waals surface area contributed by atoms with E-state index in [0.717, 1.165) is 24.8 Å². The first kappa shape index (κ1) is 13.4. The molecule has 3 heteroatoms. The van der Waals surface area contributed by atoms with Gasteiger partial charge in [0, 0.05) is 25.7 Å². The molecule has 1 aliphatic rings. The molecule has 1 saturated carbocycles. The van der Waals surface area contributed by atoms with Crippen LogP contribution in [-0.4, -0.2) is 22.4 Å². The second kappa shape index (κ2) is 5.80. The topological polar surface area (TPSA) is 29.9 Å². The Morgan fingerprint density at radius 2 is 2.10 bits per heavy atom. The highest BCUT2D eigenvalue weighted by Gasteiger charge is 2.43. The average Bonchev–Trinajstić information content (AvgIpc) is 3.16. The first-order chi connectivity index (χ1) is 9.78. The molecule has 1 aromatic carbocycles. The Bertz CT molecular complexity index is 546. The highest BCUT2D eigenvalue weighted by atomic mass is 15.2. The molecule has 1 aliphatic carbocycles. The van der Waals surface area contributed by atoms with E-state index in [0.29, 0.717) is 6.04 Å². The van der Waals surface area contributed by atoms with Crippen LogP contribution in [0.1, 0.15) is 30.5 Å². The fourth-order valence-electron chi connectivity index (χ4n) is 3.18. The molecule has 20 heavy (non-hydrogen) atoms. The van der Waals surface area contributed by atoms with Gasteiger partial charge in [-0.25, -0.2) is 0 Å². The summed E-state index contributed by atoms with van der Waals surface area (Å²) in [4.78, 5) is 0. The molecule has 0 radical (unpaired) electrons. The number of nitrogens with one attached hydrogen (secondary N) is 1. The lowest BCUT2D eigenvalue weighted by molar-refractivity contribution is 0.458. The SMILES string of the molecule is CCNC(Cc1ccn(C)n1)C1CC1c1ccccc1. The molecule has 0 saturated heterocycles. The summed E-state index contributed by atoms with van der Waals surface area (Å²) in [6.07, 6.45) is 4.36. The Balaban J connectivity index is 1.66. The molecule has 0 spiro atoms. The lowest BCUT2D eigenvalue weighted by Gasteiger charge is -2.17. The predicted molar refractivity (Wildman–Crippen MR) is 81.7 cm³/mol. The van der Waals surface area contributed by atoms with Gasteiger partial charge >= 0.3 is 0 Å². The van der Waals surface area contributed by atoms with E-state index in [1.165, 1.54) is 17.7 Å². The normalized spacial score (nSPS) is 22.7.